The number of esters is 2. The number of aliphatic carboxylic acids is 1. The number of hydrogen-bond donors (Lipinski definition) is 2. The minimum Gasteiger partial charge on any atom is -0.480 e. The van der Waals surface area contributed by atoms with E-state index in [9.17, 15) is 24.3 Å². The summed E-state index contributed by atoms with van der Waals surface area (Å²) in [6, 6.07) is 3.00. The number of benzene rings is 1. The zero-order valence-electron chi connectivity index (χ0n) is 20.5. The van der Waals surface area contributed by atoms with E-state index < -0.39 is 41.9 Å². The molecule has 0 heterocycles. The van der Waals surface area contributed by atoms with Gasteiger partial charge in [0.05, 0.1) is 6.61 Å². The molecule has 0 aliphatic heterocycles. The lowest BCUT2D eigenvalue weighted by Gasteiger charge is -2.28. The molecular formula is C24H35NO9. The van der Waals surface area contributed by atoms with Gasteiger partial charge in [-0.15, -0.1) is 0 Å². The predicted octanol–water partition coefficient (Wildman–Crippen LogP) is 3.65. The summed E-state index contributed by atoms with van der Waals surface area (Å²) in [6.07, 6.45) is -1.04. The van der Waals surface area contributed by atoms with Gasteiger partial charge in [0.15, 0.2) is 11.5 Å². The molecule has 1 rings (SSSR count). The highest BCUT2D eigenvalue weighted by Crippen LogP contribution is 2.36. The van der Waals surface area contributed by atoms with Crippen molar-refractivity contribution in [2.45, 2.75) is 72.4 Å². The standard InChI is InChI=1S/C24H35NO9/c1-7-19(26)33-17-10-9-16(11-18(17)34-20(27)8-2)21(22(25)23(28)29)14(5)12-31-24(30)32-15(6)13(3)4/h9-11,13-15,21-22H,7-8,12,25H2,1-6H3,(H,28,29)/t14?,15?,21?,22-/m0/s1. The third kappa shape index (κ3) is 8.66. The van der Waals surface area contributed by atoms with E-state index in [4.69, 9.17) is 24.7 Å². The monoisotopic (exact) mass is 481 g/mol. The van der Waals surface area contributed by atoms with Gasteiger partial charge in [-0.1, -0.05) is 40.7 Å². The van der Waals surface area contributed by atoms with Crippen LogP contribution in [0.3, 0.4) is 0 Å². The van der Waals surface area contributed by atoms with Gasteiger partial charge in [0.2, 0.25) is 0 Å². The van der Waals surface area contributed by atoms with Crippen LogP contribution in [0.15, 0.2) is 18.2 Å². The number of carbonyl (C=O) groups excluding carboxylic acids is 3. The lowest BCUT2D eigenvalue weighted by molar-refractivity contribution is -0.139. The van der Waals surface area contributed by atoms with E-state index in [-0.39, 0.29) is 43.0 Å². The van der Waals surface area contributed by atoms with E-state index in [1.165, 1.54) is 18.2 Å². The third-order valence-corrected chi connectivity index (χ3v) is 5.35. The Morgan fingerprint density at radius 1 is 0.941 bits per heavy atom. The topological polar surface area (TPSA) is 151 Å². The van der Waals surface area contributed by atoms with E-state index in [1.807, 2.05) is 13.8 Å². The minimum atomic E-state index is -1.36. The first-order valence-corrected chi connectivity index (χ1v) is 11.3. The number of carbonyl (C=O) groups is 4. The van der Waals surface area contributed by atoms with Gasteiger partial charge in [-0.2, -0.15) is 0 Å². The third-order valence-electron chi connectivity index (χ3n) is 5.35. The Kier molecular flexibility index (Phi) is 11.5. The van der Waals surface area contributed by atoms with Crippen molar-refractivity contribution >= 4 is 24.1 Å². The van der Waals surface area contributed by atoms with E-state index in [2.05, 4.69) is 0 Å². The molecule has 0 aromatic heterocycles. The van der Waals surface area contributed by atoms with Crippen molar-refractivity contribution in [3.63, 3.8) is 0 Å². The van der Waals surface area contributed by atoms with Crippen molar-refractivity contribution in [2.75, 3.05) is 6.61 Å². The summed E-state index contributed by atoms with van der Waals surface area (Å²) in [6.45, 7) is 10.3. The van der Waals surface area contributed by atoms with Gasteiger partial charge in [0, 0.05) is 18.8 Å². The summed E-state index contributed by atoms with van der Waals surface area (Å²) in [5, 5.41) is 9.57. The molecule has 0 bridgehead atoms. The number of rotatable bonds is 12. The van der Waals surface area contributed by atoms with Crippen LogP contribution < -0.4 is 15.2 Å². The van der Waals surface area contributed by atoms with Crippen LogP contribution in [0.1, 0.15) is 65.9 Å². The van der Waals surface area contributed by atoms with Crippen LogP contribution >= 0.6 is 0 Å². The van der Waals surface area contributed by atoms with E-state index >= 15 is 0 Å². The molecule has 0 aliphatic rings. The smallest absolute Gasteiger partial charge is 0.480 e. The van der Waals surface area contributed by atoms with Gasteiger partial charge in [-0.05, 0) is 36.5 Å². The van der Waals surface area contributed by atoms with Crippen LogP contribution in [0, 0.1) is 11.8 Å². The molecule has 0 saturated heterocycles. The van der Waals surface area contributed by atoms with Gasteiger partial charge >= 0.3 is 24.1 Å². The van der Waals surface area contributed by atoms with Gasteiger partial charge in [-0.3, -0.25) is 14.4 Å². The maximum atomic E-state index is 12.0. The van der Waals surface area contributed by atoms with Gasteiger partial charge in [-0.25, -0.2) is 4.79 Å². The zero-order valence-corrected chi connectivity index (χ0v) is 20.5. The number of carboxylic acid groups (broad SMARTS) is 1. The average molecular weight is 482 g/mol. The summed E-state index contributed by atoms with van der Waals surface area (Å²) in [7, 11) is 0. The normalized spacial score (nSPS) is 14.5. The van der Waals surface area contributed by atoms with Crippen molar-refractivity contribution in [3.05, 3.63) is 23.8 Å². The zero-order chi connectivity index (χ0) is 26.0. The molecule has 0 spiro atoms. The molecule has 1 aromatic rings. The summed E-state index contributed by atoms with van der Waals surface area (Å²) in [5.41, 5.74) is 6.38. The first-order valence-electron chi connectivity index (χ1n) is 11.3. The Balaban J connectivity index is 3.23. The molecule has 3 unspecified atom stereocenters. The number of hydrogen-bond acceptors (Lipinski definition) is 9. The maximum absolute atomic E-state index is 12.0. The first-order chi connectivity index (χ1) is 15.9. The summed E-state index contributed by atoms with van der Waals surface area (Å²) in [4.78, 5) is 47.4. The van der Waals surface area contributed by atoms with Gasteiger partial charge in [0.25, 0.3) is 0 Å². The number of carboxylic acids is 1. The molecule has 10 heteroatoms. The lowest BCUT2D eigenvalue weighted by atomic mass is 9.82. The molecule has 0 saturated carbocycles. The molecule has 34 heavy (non-hydrogen) atoms. The fourth-order valence-corrected chi connectivity index (χ4v) is 2.95. The van der Waals surface area contributed by atoms with Gasteiger partial charge < -0.3 is 29.8 Å². The summed E-state index contributed by atoms with van der Waals surface area (Å²) >= 11 is 0. The number of nitrogens with two attached hydrogens (primary N) is 1. The Morgan fingerprint density at radius 2 is 1.50 bits per heavy atom. The maximum Gasteiger partial charge on any atom is 0.508 e. The van der Waals surface area contributed by atoms with E-state index in [1.54, 1.807) is 27.7 Å². The molecular weight excluding hydrogens is 446 g/mol. The van der Waals surface area contributed by atoms with Crippen molar-refractivity contribution in [1.82, 2.24) is 0 Å². The largest absolute Gasteiger partial charge is 0.508 e. The quantitative estimate of drug-likeness (QED) is 0.334. The highest BCUT2D eigenvalue weighted by molar-refractivity contribution is 5.77. The van der Waals surface area contributed by atoms with Crippen LogP contribution in [-0.2, 0) is 23.9 Å². The van der Waals surface area contributed by atoms with Crippen molar-refractivity contribution in [2.24, 2.45) is 17.6 Å². The van der Waals surface area contributed by atoms with Crippen LogP contribution in [0.2, 0.25) is 0 Å². The molecule has 0 aliphatic carbocycles. The summed E-state index contributed by atoms with van der Waals surface area (Å²) in [5.74, 6) is -3.65. The minimum absolute atomic E-state index is 0.0233. The highest BCUT2D eigenvalue weighted by atomic mass is 16.7. The fourth-order valence-electron chi connectivity index (χ4n) is 2.95. The van der Waals surface area contributed by atoms with Gasteiger partial charge in [0.1, 0.15) is 12.1 Å². The molecule has 0 amide bonds. The van der Waals surface area contributed by atoms with Crippen molar-refractivity contribution in [3.8, 4) is 11.5 Å². The molecule has 4 atom stereocenters. The lowest BCUT2D eigenvalue weighted by Crippen LogP contribution is -2.40. The highest BCUT2D eigenvalue weighted by Gasteiger charge is 2.33. The Hall–Kier alpha value is -3.14. The molecule has 190 valence electrons. The van der Waals surface area contributed by atoms with Crippen LogP contribution in [-0.4, -0.2) is 47.9 Å². The SMILES string of the molecule is CCC(=O)Oc1ccc(C(C(C)COC(=O)OC(C)C(C)C)[C@H](N)C(=O)O)cc1OC(=O)CC. The van der Waals surface area contributed by atoms with Crippen molar-refractivity contribution < 1.29 is 43.2 Å². The second-order valence-electron chi connectivity index (χ2n) is 8.36. The van der Waals surface area contributed by atoms with Crippen molar-refractivity contribution in [1.29, 1.82) is 0 Å². The van der Waals surface area contributed by atoms with E-state index in [0.29, 0.717) is 5.56 Å². The molecule has 1 aromatic carbocycles. The molecule has 10 nitrogen and oxygen atoms in total. The second kappa shape index (κ2) is 13.5. The average Bonchev–Trinajstić information content (AvgIpc) is 2.78. The molecule has 0 fully saturated rings. The molecule has 3 N–H and O–H groups in total. The second-order valence-corrected chi connectivity index (χ2v) is 8.36. The Bertz CT molecular complexity index is 868. The Labute approximate surface area is 199 Å². The predicted molar refractivity (Wildman–Crippen MR) is 123 cm³/mol. The fraction of sp³-hybridized carbons (Fsp3) is 0.583. The van der Waals surface area contributed by atoms with Crippen LogP contribution in [0.25, 0.3) is 0 Å². The Morgan fingerprint density at radius 3 is 2.00 bits per heavy atom. The molecule has 0 radical (unpaired) electrons. The van der Waals surface area contributed by atoms with Crippen LogP contribution in [0.4, 0.5) is 4.79 Å². The summed E-state index contributed by atoms with van der Waals surface area (Å²) < 4.78 is 20.9. The van der Waals surface area contributed by atoms with Crippen LogP contribution in [0.5, 0.6) is 11.5 Å². The first kappa shape index (κ1) is 28.9. The van der Waals surface area contributed by atoms with E-state index in [0.717, 1.165) is 0 Å². The number of ether oxygens (including phenoxy) is 4.